The van der Waals surface area contributed by atoms with Crippen LogP contribution in [0.15, 0.2) is 23.4 Å². The first kappa shape index (κ1) is 14.5. The summed E-state index contributed by atoms with van der Waals surface area (Å²) in [6.07, 6.45) is 1.89. The summed E-state index contributed by atoms with van der Waals surface area (Å²) in [7, 11) is 1.28. The van der Waals surface area contributed by atoms with Crippen LogP contribution in [0.5, 0.6) is 5.75 Å². The molecule has 0 N–H and O–H groups in total. The van der Waals surface area contributed by atoms with E-state index in [0.29, 0.717) is 18.3 Å². The molecule has 0 unspecified atom stereocenters. The van der Waals surface area contributed by atoms with Gasteiger partial charge < -0.3 is 14.2 Å². The Labute approximate surface area is 117 Å². The van der Waals surface area contributed by atoms with E-state index in [4.69, 9.17) is 9.47 Å². The third kappa shape index (κ3) is 3.54. The largest absolute Gasteiger partial charge is 0.492 e. The molecule has 1 aliphatic heterocycles. The van der Waals surface area contributed by atoms with Crippen molar-refractivity contribution >= 4 is 11.7 Å². The average molecular weight is 279 g/mol. The average Bonchev–Trinajstić information content (AvgIpc) is 2.53. The molecule has 0 bridgehead atoms. The highest BCUT2D eigenvalue weighted by atomic mass is 16.5. The first-order valence-electron chi connectivity index (χ1n) is 6.51. The molecule has 1 heterocycles. The van der Waals surface area contributed by atoms with Gasteiger partial charge in [-0.3, -0.25) is 0 Å². The van der Waals surface area contributed by atoms with Gasteiger partial charge in [0.1, 0.15) is 17.0 Å². The molecule has 1 fully saturated rings. The molecule has 1 aromatic rings. The van der Waals surface area contributed by atoms with Crippen molar-refractivity contribution in [2.75, 3.05) is 26.9 Å². The summed E-state index contributed by atoms with van der Waals surface area (Å²) in [5.74, 6) is 0.284. The van der Waals surface area contributed by atoms with E-state index in [0.717, 1.165) is 26.1 Å². The van der Waals surface area contributed by atoms with Crippen LogP contribution in [0.3, 0.4) is 0 Å². The highest BCUT2D eigenvalue weighted by Gasteiger charge is 2.18. The van der Waals surface area contributed by atoms with Crippen LogP contribution >= 0.6 is 0 Å². The lowest BCUT2D eigenvalue weighted by atomic mass is 10.0. The minimum Gasteiger partial charge on any atom is -0.492 e. The molecule has 6 heteroatoms. The molecule has 2 rings (SSSR count). The fourth-order valence-electron chi connectivity index (χ4n) is 2.09. The summed E-state index contributed by atoms with van der Waals surface area (Å²) in [6, 6.07) is 4.46. The van der Waals surface area contributed by atoms with Crippen molar-refractivity contribution in [2.24, 2.45) is 11.1 Å². The molecule has 0 spiro atoms. The van der Waals surface area contributed by atoms with Gasteiger partial charge in [-0.05, 0) is 42.1 Å². The third-order valence-corrected chi connectivity index (χ3v) is 3.29. The molecule has 1 aromatic carbocycles. The fraction of sp³-hybridized carbons (Fsp3) is 0.500. The molecule has 0 atom stereocenters. The highest BCUT2D eigenvalue weighted by Crippen LogP contribution is 2.26. The quantitative estimate of drug-likeness (QED) is 0.612. The summed E-state index contributed by atoms with van der Waals surface area (Å²) in [5.41, 5.74) is 0.389. The molecule has 0 aromatic heterocycles. The summed E-state index contributed by atoms with van der Waals surface area (Å²) < 4.78 is 15.7. The SMILES string of the molecule is COC(=O)c1cc(N=O)ccc1OCC1CCOCC1. The predicted molar refractivity (Wildman–Crippen MR) is 72.3 cm³/mol. The predicted octanol–water partition coefficient (Wildman–Crippen LogP) is 2.68. The van der Waals surface area contributed by atoms with E-state index >= 15 is 0 Å². The van der Waals surface area contributed by atoms with E-state index in [2.05, 4.69) is 9.91 Å². The van der Waals surface area contributed by atoms with Gasteiger partial charge in [-0.25, -0.2) is 4.79 Å². The van der Waals surface area contributed by atoms with Gasteiger partial charge in [-0.2, -0.15) is 0 Å². The van der Waals surface area contributed by atoms with E-state index in [9.17, 15) is 9.70 Å². The van der Waals surface area contributed by atoms with Crippen molar-refractivity contribution in [3.63, 3.8) is 0 Å². The van der Waals surface area contributed by atoms with Gasteiger partial charge in [0.2, 0.25) is 0 Å². The number of rotatable bonds is 5. The van der Waals surface area contributed by atoms with Crippen molar-refractivity contribution in [1.29, 1.82) is 0 Å². The lowest BCUT2D eigenvalue weighted by molar-refractivity contribution is 0.0483. The molecule has 108 valence electrons. The lowest BCUT2D eigenvalue weighted by Crippen LogP contribution is -2.22. The Morgan fingerprint density at radius 1 is 1.40 bits per heavy atom. The summed E-state index contributed by atoms with van der Waals surface area (Å²) in [4.78, 5) is 22.2. The maximum Gasteiger partial charge on any atom is 0.341 e. The molecule has 20 heavy (non-hydrogen) atoms. The van der Waals surface area contributed by atoms with Gasteiger partial charge in [0.25, 0.3) is 0 Å². The first-order valence-corrected chi connectivity index (χ1v) is 6.51. The Kier molecular flexibility index (Phi) is 5.06. The van der Waals surface area contributed by atoms with Gasteiger partial charge in [-0.15, -0.1) is 4.91 Å². The Morgan fingerprint density at radius 2 is 2.15 bits per heavy atom. The fourth-order valence-corrected chi connectivity index (χ4v) is 2.09. The van der Waals surface area contributed by atoms with Crippen LogP contribution in [-0.4, -0.2) is 32.9 Å². The van der Waals surface area contributed by atoms with Gasteiger partial charge in [0.15, 0.2) is 0 Å². The number of carbonyl (C=O) groups excluding carboxylic acids is 1. The number of nitroso groups, excluding NO2 is 1. The number of ether oxygens (including phenoxy) is 3. The Bertz CT molecular complexity index is 482. The van der Waals surface area contributed by atoms with E-state index in [1.807, 2.05) is 0 Å². The van der Waals surface area contributed by atoms with Crippen LogP contribution in [0.1, 0.15) is 23.2 Å². The zero-order chi connectivity index (χ0) is 14.4. The molecule has 0 amide bonds. The topological polar surface area (TPSA) is 74.2 Å². The maximum atomic E-state index is 11.7. The molecular formula is C14H17NO5. The van der Waals surface area contributed by atoms with Crippen LogP contribution in [-0.2, 0) is 9.47 Å². The van der Waals surface area contributed by atoms with E-state index in [1.165, 1.54) is 19.2 Å². The van der Waals surface area contributed by atoms with Crippen molar-refractivity contribution in [2.45, 2.75) is 12.8 Å². The van der Waals surface area contributed by atoms with Crippen LogP contribution in [0, 0.1) is 10.8 Å². The third-order valence-electron chi connectivity index (χ3n) is 3.29. The van der Waals surface area contributed by atoms with Crippen molar-refractivity contribution in [3.8, 4) is 5.75 Å². The van der Waals surface area contributed by atoms with Crippen LogP contribution in [0.2, 0.25) is 0 Å². The van der Waals surface area contributed by atoms with E-state index in [1.54, 1.807) is 6.07 Å². The van der Waals surface area contributed by atoms with Crippen LogP contribution in [0.25, 0.3) is 0 Å². The molecule has 1 aliphatic rings. The highest BCUT2D eigenvalue weighted by molar-refractivity contribution is 5.93. The minimum absolute atomic E-state index is 0.170. The first-order chi connectivity index (χ1) is 9.74. The Hall–Kier alpha value is -1.95. The number of methoxy groups -OCH3 is 1. The van der Waals surface area contributed by atoms with Crippen LogP contribution in [0.4, 0.5) is 5.69 Å². The van der Waals surface area contributed by atoms with E-state index in [-0.39, 0.29) is 11.3 Å². The molecule has 1 saturated heterocycles. The number of esters is 1. The smallest absolute Gasteiger partial charge is 0.341 e. The maximum absolute atomic E-state index is 11.7. The lowest BCUT2D eigenvalue weighted by Gasteiger charge is -2.22. The second-order valence-electron chi connectivity index (χ2n) is 4.63. The zero-order valence-corrected chi connectivity index (χ0v) is 11.3. The van der Waals surface area contributed by atoms with Gasteiger partial charge in [0.05, 0.1) is 13.7 Å². The van der Waals surface area contributed by atoms with Crippen LogP contribution < -0.4 is 4.74 Å². The van der Waals surface area contributed by atoms with Crippen molar-refractivity contribution in [1.82, 2.24) is 0 Å². The minimum atomic E-state index is -0.544. The molecular weight excluding hydrogens is 262 g/mol. The van der Waals surface area contributed by atoms with E-state index < -0.39 is 5.97 Å². The number of hydrogen-bond donors (Lipinski definition) is 0. The zero-order valence-electron chi connectivity index (χ0n) is 11.3. The number of nitrogens with zero attached hydrogens (tertiary/aromatic N) is 1. The number of carbonyl (C=O) groups is 1. The molecule has 6 nitrogen and oxygen atoms in total. The second kappa shape index (κ2) is 7.00. The summed E-state index contributed by atoms with van der Waals surface area (Å²) in [6.45, 7) is 2.00. The normalized spacial score (nSPS) is 15.7. The molecule has 0 aliphatic carbocycles. The summed E-state index contributed by atoms with van der Waals surface area (Å²) in [5, 5.41) is 2.81. The molecule has 0 saturated carbocycles. The Balaban J connectivity index is 2.09. The van der Waals surface area contributed by atoms with Crippen molar-refractivity contribution in [3.05, 3.63) is 28.7 Å². The second-order valence-corrected chi connectivity index (χ2v) is 4.63. The molecule has 0 radical (unpaired) electrons. The number of hydrogen-bond acceptors (Lipinski definition) is 6. The van der Waals surface area contributed by atoms with Crippen molar-refractivity contribution < 1.29 is 19.0 Å². The monoisotopic (exact) mass is 279 g/mol. The number of benzene rings is 1. The van der Waals surface area contributed by atoms with Gasteiger partial charge in [0, 0.05) is 13.2 Å². The van der Waals surface area contributed by atoms with Gasteiger partial charge >= 0.3 is 5.97 Å². The van der Waals surface area contributed by atoms with Gasteiger partial charge in [-0.1, -0.05) is 0 Å². The standard InChI is InChI=1S/C14H17NO5/c1-18-14(16)12-8-11(15-17)2-3-13(12)20-9-10-4-6-19-7-5-10/h2-3,8,10H,4-7,9H2,1H3. The Morgan fingerprint density at radius 3 is 2.80 bits per heavy atom. The summed E-state index contributed by atoms with van der Waals surface area (Å²) >= 11 is 0.